The molecule has 0 atom stereocenters. The first-order valence-electron chi connectivity index (χ1n) is 7.48. The summed E-state index contributed by atoms with van der Waals surface area (Å²) in [6.07, 6.45) is 5.71. The van der Waals surface area contributed by atoms with Gasteiger partial charge in [-0.1, -0.05) is 50.6 Å². The monoisotopic (exact) mass is 283 g/mol. The molecule has 21 heavy (non-hydrogen) atoms. The molecule has 2 nitrogen and oxygen atoms in total. The zero-order valence-electron chi connectivity index (χ0n) is 13.7. The SMILES string of the molecule is CN(C)C1=CCC(CC(=O)c2cccc(C(C)(C)C)c2)=C1. The van der Waals surface area contributed by atoms with Crippen molar-refractivity contribution in [3.8, 4) is 0 Å². The second-order valence-electron chi connectivity index (χ2n) is 6.96. The quantitative estimate of drug-likeness (QED) is 0.766. The van der Waals surface area contributed by atoms with Crippen LogP contribution in [0.3, 0.4) is 0 Å². The molecule has 1 aliphatic carbocycles. The number of nitrogens with zero attached hydrogens (tertiary/aromatic N) is 1. The van der Waals surface area contributed by atoms with Crippen LogP contribution < -0.4 is 0 Å². The van der Waals surface area contributed by atoms with E-state index in [0.717, 1.165) is 12.0 Å². The van der Waals surface area contributed by atoms with E-state index >= 15 is 0 Å². The number of hydrogen-bond acceptors (Lipinski definition) is 2. The van der Waals surface area contributed by atoms with Gasteiger partial charge in [-0.15, -0.1) is 0 Å². The summed E-state index contributed by atoms with van der Waals surface area (Å²) < 4.78 is 0. The fourth-order valence-corrected chi connectivity index (χ4v) is 2.46. The number of hydrogen-bond donors (Lipinski definition) is 0. The van der Waals surface area contributed by atoms with Crippen LogP contribution in [-0.2, 0) is 5.41 Å². The molecule has 0 radical (unpaired) electrons. The van der Waals surface area contributed by atoms with Crippen molar-refractivity contribution in [2.75, 3.05) is 14.1 Å². The smallest absolute Gasteiger partial charge is 0.166 e. The van der Waals surface area contributed by atoms with E-state index in [1.165, 1.54) is 16.8 Å². The van der Waals surface area contributed by atoms with Gasteiger partial charge in [0.2, 0.25) is 0 Å². The minimum absolute atomic E-state index is 0.0720. The van der Waals surface area contributed by atoms with E-state index in [0.29, 0.717) is 6.42 Å². The highest BCUT2D eigenvalue weighted by molar-refractivity contribution is 5.97. The second kappa shape index (κ2) is 5.88. The predicted octanol–water partition coefficient (Wildman–Crippen LogP) is 4.33. The Morgan fingerprint density at radius 3 is 2.52 bits per heavy atom. The van der Waals surface area contributed by atoms with Gasteiger partial charge in [0, 0.05) is 31.8 Å². The summed E-state index contributed by atoms with van der Waals surface area (Å²) in [4.78, 5) is 14.6. The molecule has 2 rings (SSSR count). The molecule has 0 amide bonds. The van der Waals surface area contributed by atoms with Crippen molar-refractivity contribution in [2.24, 2.45) is 0 Å². The van der Waals surface area contributed by atoms with E-state index < -0.39 is 0 Å². The summed E-state index contributed by atoms with van der Waals surface area (Å²) in [5.74, 6) is 0.209. The molecule has 0 saturated heterocycles. The summed E-state index contributed by atoms with van der Waals surface area (Å²) in [5.41, 5.74) is 4.50. The molecule has 0 N–H and O–H groups in total. The predicted molar refractivity (Wildman–Crippen MR) is 88.6 cm³/mol. The lowest BCUT2D eigenvalue weighted by atomic mass is 9.85. The Hall–Kier alpha value is -1.83. The maximum absolute atomic E-state index is 12.5. The van der Waals surface area contributed by atoms with Crippen molar-refractivity contribution in [3.63, 3.8) is 0 Å². The molecular formula is C19H25NO. The first-order valence-corrected chi connectivity index (χ1v) is 7.48. The van der Waals surface area contributed by atoms with Crippen LogP contribution >= 0.6 is 0 Å². The molecule has 0 bridgehead atoms. The molecule has 0 aromatic heterocycles. The largest absolute Gasteiger partial charge is 0.378 e. The molecule has 0 spiro atoms. The number of carbonyl (C=O) groups is 1. The standard InChI is InChI=1S/C19H25NO/c1-19(2,3)16-8-6-7-15(13-16)18(21)12-14-9-10-17(11-14)20(4)5/h6-8,10-11,13H,9,12H2,1-5H3. The Morgan fingerprint density at radius 2 is 1.95 bits per heavy atom. The lowest BCUT2D eigenvalue weighted by molar-refractivity contribution is 0.0992. The van der Waals surface area contributed by atoms with Crippen molar-refractivity contribution in [3.05, 3.63) is 58.8 Å². The third-order valence-electron chi connectivity index (χ3n) is 3.88. The summed E-state index contributed by atoms with van der Waals surface area (Å²) in [5, 5.41) is 0. The molecule has 0 saturated carbocycles. The van der Waals surface area contributed by atoms with Crippen LogP contribution in [0.2, 0.25) is 0 Å². The van der Waals surface area contributed by atoms with Crippen molar-refractivity contribution in [1.82, 2.24) is 4.90 Å². The topological polar surface area (TPSA) is 20.3 Å². The lowest BCUT2D eigenvalue weighted by Crippen LogP contribution is -2.12. The average molecular weight is 283 g/mol. The van der Waals surface area contributed by atoms with Crippen LogP contribution in [0.5, 0.6) is 0 Å². The highest BCUT2D eigenvalue weighted by Crippen LogP contribution is 2.26. The molecule has 2 heteroatoms. The lowest BCUT2D eigenvalue weighted by Gasteiger charge is -2.19. The molecule has 1 aromatic carbocycles. The fourth-order valence-electron chi connectivity index (χ4n) is 2.46. The van der Waals surface area contributed by atoms with Crippen LogP contribution in [0.4, 0.5) is 0 Å². The van der Waals surface area contributed by atoms with Crippen LogP contribution in [0, 0.1) is 0 Å². The highest BCUT2D eigenvalue weighted by atomic mass is 16.1. The zero-order chi connectivity index (χ0) is 15.6. The number of Topliss-reactive ketones (excluding diaryl/α,β-unsaturated/α-hetero) is 1. The normalized spacial score (nSPS) is 14.7. The number of carbonyl (C=O) groups excluding carboxylic acids is 1. The van der Waals surface area contributed by atoms with Crippen LogP contribution in [0.1, 0.15) is 49.5 Å². The van der Waals surface area contributed by atoms with E-state index in [9.17, 15) is 4.79 Å². The molecule has 0 aliphatic heterocycles. The van der Waals surface area contributed by atoms with Crippen LogP contribution in [0.15, 0.2) is 47.7 Å². The summed E-state index contributed by atoms with van der Waals surface area (Å²) in [6, 6.07) is 8.04. The van der Waals surface area contributed by atoms with Crippen molar-refractivity contribution >= 4 is 5.78 Å². The Labute approximate surface area is 128 Å². The Kier molecular flexibility index (Phi) is 4.36. The van der Waals surface area contributed by atoms with Gasteiger partial charge in [0.1, 0.15) is 0 Å². The number of rotatable bonds is 4. The van der Waals surface area contributed by atoms with Crippen molar-refractivity contribution in [2.45, 2.75) is 39.0 Å². The Morgan fingerprint density at radius 1 is 1.24 bits per heavy atom. The third kappa shape index (κ3) is 3.84. The molecule has 1 aliphatic rings. The van der Waals surface area contributed by atoms with E-state index in [1.807, 2.05) is 32.3 Å². The van der Waals surface area contributed by atoms with Gasteiger partial charge in [0.15, 0.2) is 5.78 Å². The van der Waals surface area contributed by atoms with Crippen molar-refractivity contribution < 1.29 is 4.79 Å². The molecule has 0 unspecified atom stereocenters. The van der Waals surface area contributed by atoms with Gasteiger partial charge in [-0.3, -0.25) is 4.79 Å². The van der Waals surface area contributed by atoms with Crippen LogP contribution in [0.25, 0.3) is 0 Å². The van der Waals surface area contributed by atoms with Crippen LogP contribution in [-0.4, -0.2) is 24.8 Å². The molecule has 112 valence electrons. The summed E-state index contributed by atoms with van der Waals surface area (Å²) in [6.45, 7) is 6.51. The van der Waals surface area contributed by atoms with E-state index in [1.54, 1.807) is 0 Å². The first kappa shape index (κ1) is 15.6. The van der Waals surface area contributed by atoms with Gasteiger partial charge in [0.25, 0.3) is 0 Å². The summed E-state index contributed by atoms with van der Waals surface area (Å²) in [7, 11) is 4.06. The number of benzene rings is 1. The van der Waals surface area contributed by atoms with Crippen molar-refractivity contribution in [1.29, 1.82) is 0 Å². The zero-order valence-corrected chi connectivity index (χ0v) is 13.7. The Bertz CT molecular complexity index is 600. The minimum Gasteiger partial charge on any atom is -0.378 e. The molecular weight excluding hydrogens is 258 g/mol. The molecule has 0 fully saturated rings. The molecule has 0 heterocycles. The van der Waals surface area contributed by atoms with Gasteiger partial charge < -0.3 is 4.90 Å². The van der Waals surface area contributed by atoms with Gasteiger partial charge in [0.05, 0.1) is 0 Å². The Balaban J connectivity index is 2.11. The average Bonchev–Trinajstić information content (AvgIpc) is 2.86. The van der Waals surface area contributed by atoms with Gasteiger partial charge in [-0.25, -0.2) is 0 Å². The van der Waals surface area contributed by atoms with Gasteiger partial charge >= 0.3 is 0 Å². The molecule has 1 aromatic rings. The third-order valence-corrected chi connectivity index (χ3v) is 3.88. The minimum atomic E-state index is 0.0720. The second-order valence-corrected chi connectivity index (χ2v) is 6.96. The van der Waals surface area contributed by atoms with Gasteiger partial charge in [-0.05, 0) is 29.5 Å². The van der Waals surface area contributed by atoms with E-state index in [4.69, 9.17) is 0 Å². The number of ketones is 1. The maximum Gasteiger partial charge on any atom is 0.166 e. The number of likely N-dealkylation sites (N-methyl/N-ethyl adjacent to an activating group) is 1. The maximum atomic E-state index is 12.5. The highest BCUT2D eigenvalue weighted by Gasteiger charge is 2.17. The first-order chi connectivity index (χ1) is 9.77. The number of allylic oxidation sites excluding steroid dienone is 3. The van der Waals surface area contributed by atoms with Gasteiger partial charge in [-0.2, -0.15) is 0 Å². The van der Waals surface area contributed by atoms with E-state index in [2.05, 4.69) is 43.9 Å². The summed E-state index contributed by atoms with van der Waals surface area (Å²) >= 11 is 0. The van der Waals surface area contributed by atoms with E-state index in [-0.39, 0.29) is 11.2 Å². The fraction of sp³-hybridized carbons (Fsp3) is 0.421.